The maximum absolute atomic E-state index is 14.4. The number of hydrazine groups is 1. The van der Waals surface area contributed by atoms with E-state index in [1.807, 2.05) is 5.43 Å². The number of benzene rings is 2. The molecule has 3 amide bonds. The topological polar surface area (TPSA) is 96.7 Å². The van der Waals surface area contributed by atoms with Crippen molar-refractivity contribution in [2.45, 2.75) is 18.0 Å². The van der Waals surface area contributed by atoms with Crippen molar-refractivity contribution < 1.29 is 31.9 Å². The lowest BCUT2D eigenvalue weighted by Crippen LogP contribution is -2.44. The molecule has 1 aliphatic rings. The maximum Gasteiger partial charge on any atom is 0.573 e. The third kappa shape index (κ3) is 6.50. The Morgan fingerprint density at radius 1 is 1.22 bits per heavy atom. The highest BCUT2D eigenvalue weighted by atomic mass is 32.2. The van der Waals surface area contributed by atoms with Crippen molar-refractivity contribution in [3.63, 3.8) is 0 Å². The van der Waals surface area contributed by atoms with E-state index in [1.165, 1.54) is 29.2 Å². The summed E-state index contributed by atoms with van der Waals surface area (Å²) in [5.74, 6) is 4.08. The van der Waals surface area contributed by atoms with Crippen LogP contribution in [0.1, 0.15) is 15.9 Å². The molecule has 172 valence electrons. The smallest absolute Gasteiger partial charge is 0.406 e. The van der Waals surface area contributed by atoms with Gasteiger partial charge in [0.2, 0.25) is 0 Å². The van der Waals surface area contributed by atoms with Gasteiger partial charge in [0.25, 0.3) is 5.91 Å². The Kier molecular flexibility index (Phi) is 7.46. The molecule has 0 radical (unpaired) electrons. The minimum absolute atomic E-state index is 0.0990. The Morgan fingerprint density at radius 2 is 2.00 bits per heavy atom. The highest BCUT2D eigenvalue weighted by Crippen LogP contribution is 2.27. The predicted octanol–water partition coefficient (Wildman–Crippen LogP) is 3.52. The molecule has 7 nitrogen and oxygen atoms in total. The number of nitrogens with zero attached hydrogens (tertiary/aromatic N) is 1. The third-order valence-electron chi connectivity index (χ3n) is 4.64. The normalized spacial score (nSPS) is 16.4. The largest absolute Gasteiger partial charge is 0.573 e. The van der Waals surface area contributed by atoms with Crippen molar-refractivity contribution in [3.05, 3.63) is 59.4 Å². The van der Waals surface area contributed by atoms with Crippen molar-refractivity contribution in [1.29, 1.82) is 0 Å². The van der Waals surface area contributed by atoms with E-state index in [2.05, 4.69) is 10.1 Å². The molecule has 1 atom stereocenters. The van der Waals surface area contributed by atoms with Crippen LogP contribution in [0.15, 0.2) is 42.5 Å². The lowest BCUT2D eigenvalue weighted by atomic mass is 10.1. The first-order valence-corrected chi connectivity index (χ1v) is 10.5. The van der Waals surface area contributed by atoms with Gasteiger partial charge in [0.15, 0.2) is 0 Å². The molecule has 12 heteroatoms. The quantitative estimate of drug-likeness (QED) is 0.268. The number of anilines is 1. The van der Waals surface area contributed by atoms with E-state index in [0.29, 0.717) is 30.8 Å². The van der Waals surface area contributed by atoms with Gasteiger partial charge in [-0.25, -0.2) is 15.0 Å². The zero-order valence-corrected chi connectivity index (χ0v) is 17.4. The van der Waals surface area contributed by atoms with Crippen LogP contribution in [-0.4, -0.2) is 47.3 Å². The summed E-state index contributed by atoms with van der Waals surface area (Å²) in [6, 6.07) is 8.60. The number of nitrogens with one attached hydrogen (secondary N) is 2. The molecule has 0 bridgehead atoms. The molecule has 0 saturated carbocycles. The van der Waals surface area contributed by atoms with Gasteiger partial charge in [-0.3, -0.25) is 10.2 Å². The van der Waals surface area contributed by atoms with Crippen LogP contribution in [0.5, 0.6) is 5.75 Å². The van der Waals surface area contributed by atoms with E-state index in [4.69, 9.17) is 5.84 Å². The minimum atomic E-state index is -4.83. The Labute approximate surface area is 185 Å². The highest BCUT2D eigenvalue weighted by Gasteiger charge is 2.31. The highest BCUT2D eigenvalue weighted by molar-refractivity contribution is 8.00. The lowest BCUT2D eigenvalue weighted by molar-refractivity contribution is -0.274. The van der Waals surface area contributed by atoms with E-state index in [0.717, 1.165) is 18.2 Å². The number of halogens is 4. The maximum atomic E-state index is 14.4. The molecule has 1 aliphatic heterocycles. The lowest BCUT2D eigenvalue weighted by Gasteiger charge is -2.32. The number of rotatable bonds is 5. The van der Waals surface area contributed by atoms with Gasteiger partial charge in [-0.15, -0.1) is 13.2 Å². The molecule has 0 spiro atoms. The molecule has 3 rings (SSSR count). The van der Waals surface area contributed by atoms with E-state index in [1.54, 1.807) is 11.8 Å². The van der Waals surface area contributed by atoms with Crippen LogP contribution in [0, 0.1) is 5.82 Å². The Balaban J connectivity index is 1.61. The van der Waals surface area contributed by atoms with Crippen LogP contribution in [0.2, 0.25) is 0 Å². The first-order valence-electron chi connectivity index (χ1n) is 9.47. The second-order valence-electron chi connectivity index (χ2n) is 6.93. The van der Waals surface area contributed by atoms with Gasteiger partial charge in [0, 0.05) is 41.4 Å². The predicted molar refractivity (Wildman–Crippen MR) is 112 cm³/mol. The number of hydrogen-bond donors (Lipinski definition) is 3. The number of ether oxygens (including phenoxy) is 1. The number of hydrogen-bond acceptors (Lipinski definition) is 5. The number of alkyl halides is 3. The Morgan fingerprint density at radius 3 is 2.69 bits per heavy atom. The summed E-state index contributed by atoms with van der Waals surface area (Å²) in [7, 11) is 0. The van der Waals surface area contributed by atoms with Gasteiger partial charge in [0.1, 0.15) is 11.6 Å². The fourth-order valence-corrected chi connectivity index (χ4v) is 4.43. The zero-order valence-electron chi connectivity index (χ0n) is 16.6. The summed E-state index contributed by atoms with van der Waals surface area (Å²) in [5.41, 5.74) is 2.59. The minimum Gasteiger partial charge on any atom is -0.406 e. The summed E-state index contributed by atoms with van der Waals surface area (Å²) in [6.45, 7) is 0.754. The number of urea groups is 1. The number of carbonyl (C=O) groups is 2. The number of thioether (sulfide) groups is 1. The SMILES string of the molecule is NNC(=O)c1ccc(CC2CN(C(=O)Nc3cccc(OC(F)(F)F)c3)CCS2)c(F)c1. The van der Waals surface area contributed by atoms with E-state index >= 15 is 0 Å². The molecule has 0 aromatic heterocycles. The van der Waals surface area contributed by atoms with Crippen LogP contribution >= 0.6 is 11.8 Å². The standard InChI is InChI=1S/C20H20F4N4O3S/c21-17-9-13(18(29)27-25)5-4-12(17)8-16-11-28(6-7-32-16)19(30)26-14-2-1-3-15(10-14)31-20(22,23)24/h1-5,9-10,16H,6-8,11,25H2,(H,26,30)(H,27,29). The van der Waals surface area contributed by atoms with E-state index in [-0.39, 0.29) is 16.5 Å². The summed E-state index contributed by atoms with van der Waals surface area (Å²) >= 11 is 1.59. The van der Waals surface area contributed by atoms with E-state index in [9.17, 15) is 27.2 Å². The second kappa shape index (κ2) is 10.1. The van der Waals surface area contributed by atoms with Gasteiger partial charge < -0.3 is 15.0 Å². The molecule has 2 aromatic carbocycles. The van der Waals surface area contributed by atoms with Crippen LogP contribution in [0.3, 0.4) is 0 Å². The number of nitrogens with two attached hydrogens (primary N) is 1. The summed E-state index contributed by atoms with van der Waals surface area (Å²) in [4.78, 5) is 25.6. The van der Waals surface area contributed by atoms with Gasteiger partial charge in [-0.2, -0.15) is 11.8 Å². The molecule has 4 N–H and O–H groups in total. The summed E-state index contributed by atoms with van der Waals surface area (Å²) in [6.07, 6.45) is -4.50. The number of nitrogen functional groups attached to an aromatic ring is 1. The van der Waals surface area contributed by atoms with Crippen molar-refractivity contribution in [3.8, 4) is 5.75 Å². The average molecular weight is 472 g/mol. The molecule has 2 aromatic rings. The zero-order chi connectivity index (χ0) is 23.3. The van der Waals surface area contributed by atoms with Crippen molar-refractivity contribution >= 4 is 29.4 Å². The molecule has 32 heavy (non-hydrogen) atoms. The monoisotopic (exact) mass is 472 g/mol. The number of amides is 3. The van der Waals surface area contributed by atoms with E-state index < -0.39 is 29.9 Å². The van der Waals surface area contributed by atoms with Gasteiger partial charge >= 0.3 is 12.4 Å². The summed E-state index contributed by atoms with van der Waals surface area (Å²) in [5, 5.41) is 2.46. The molecular weight excluding hydrogens is 452 g/mol. The van der Waals surface area contributed by atoms with Gasteiger partial charge in [-0.1, -0.05) is 12.1 Å². The second-order valence-corrected chi connectivity index (χ2v) is 8.34. The van der Waals surface area contributed by atoms with Gasteiger partial charge in [0.05, 0.1) is 0 Å². The molecular formula is C20H20F4N4O3S. The number of carbonyl (C=O) groups excluding carboxylic acids is 2. The fraction of sp³-hybridized carbons (Fsp3) is 0.300. The molecule has 1 unspecified atom stereocenters. The molecule has 0 aliphatic carbocycles. The molecule has 1 fully saturated rings. The first kappa shape index (κ1) is 23.7. The van der Waals surface area contributed by atoms with Crippen LogP contribution < -0.4 is 21.3 Å². The van der Waals surface area contributed by atoms with Crippen molar-refractivity contribution in [1.82, 2.24) is 10.3 Å². The van der Waals surface area contributed by atoms with Crippen molar-refractivity contribution in [2.75, 3.05) is 24.2 Å². The van der Waals surface area contributed by atoms with Gasteiger partial charge in [-0.05, 0) is 36.2 Å². The van der Waals surface area contributed by atoms with Crippen molar-refractivity contribution in [2.24, 2.45) is 5.84 Å². The average Bonchev–Trinajstić information content (AvgIpc) is 2.74. The van der Waals surface area contributed by atoms with Crippen LogP contribution in [0.4, 0.5) is 28.0 Å². The Bertz CT molecular complexity index is 990. The third-order valence-corrected chi connectivity index (χ3v) is 5.84. The van der Waals surface area contributed by atoms with Crippen LogP contribution in [-0.2, 0) is 6.42 Å². The van der Waals surface area contributed by atoms with Crippen LogP contribution in [0.25, 0.3) is 0 Å². The molecule has 1 saturated heterocycles. The molecule has 1 heterocycles. The Hall–Kier alpha value is -2.99. The summed E-state index contributed by atoms with van der Waals surface area (Å²) < 4.78 is 55.4. The first-order chi connectivity index (χ1) is 15.1. The fourth-order valence-electron chi connectivity index (χ4n) is 3.18.